The summed E-state index contributed by atoms with van der Waals surface area (Å²) in [5.41, 5.74) is 2.15. The van der Waals surface area contributed by atoms with Crippen LogP contribution in [-0.2, 0) is 21.1 Å². The monoisotopic (exact) mass is 580 g/mol. The van der Waals surface area contributed by atoms with Gasteiger partial charge >= 0.3 is 0 Å². The summed E-state index contributed by atoms with van der Waals surface area (Å²) in [6.07, 6.45) is 0.700. The summed E-state index contributed by atoms with van der Waals surface area (Å²) in [6, 6.07) is 11.7. The van der Waals surface area contributed by atoms with E-state index in [2.05, 4.69) is 25.6 Å². The highest BCUT2D eigenvalue weighted by Crippen LogP contribution is 2.32. The maximum atomic E-state index is 13.1. The molecule has 0 aliphatic carbocycles. The number of hydrogen-bond donors (Lipinski definition) is 4. The number of hydrogen-bond acceptors (Lipinski definition) is 11. The summed E-state index contributed by atoms with van der Waals surface area (Å²) in [4.78, 5) is 38.1. The molecule has 4 N–H and O–H groups in total. The minimum atomic E-state index is -3.30. The molecule has 1 fully saturated rings. The Bertz CT molecular complexity index is 1710. The Morgan fingerprint density at radius 2 is 1.80 bits per heavy atom. The number of ketones is 1. The van der Waals surface area contributed by atoms with E-state index in [4.69, 9.17) is 4.74 Å². The minimum Gasteiger partial charge on any atom is -0.394 e. The summed E-state index contributed by atoms with van der Waals surface area (Å²) < 4.78 is 30.9. The van der Waals surface area contributed by atoms with Crippen LogP contribution in [0.1, 0.15) is 39.4 Å². The molecule has 0 radical (unpaired) electrons. The van der Waals surface area contributed by atoms with Gasteiger partial charge in [-0.05, 0) is 36.8 Å². The fourth-order valence-corrected chi connectivity index (χ4v) is 5.24. The predicted molar refractivity (Wildman–Crippen MR) is 147 cm³/mol. The summed E-state index contributed by atoms with van der Waals surface area (Å²) in [6.45, 7) is 1.24. The predicted octanol–water partition coefficient (Wildman–Crippen LogP) is 1.09. The van der Waals surface area contributed by atoms with Gasteiger partial charge in [-0.1, -0.05) is 24.3 Å². The molecule has 2 aromatic carbocycles. The van der Waals surface area contributed by atoms with Crippen molar-refractivity contribution in [3.63, 3.8) is 0 Å². The second-order valence-electron chi connectivity index (χ2n) is 9.69. The van der Waals surface area contributed by atoms with E-state index < -0.39 is 46.8 Å². The molecular weight excluding hydrogens is 552 g/mol. The Hall–Kier alpha value is -4.24. The highest BCUT2D eigenvalue weighted by molar-refractivity contribution is 7.90. The Morgan fingerprint density at radius 3 is 2.49 bits per heavy atom. The molecule has 4 aromatic rings. The lowest BCUT2D eigenvalue weighted by molar-refractivity contribution is -0.0440. The largest absolute Gasteiger partial charge is 0.394 e. The van der Waals surface area contributed by atoms with Crippen LogP contribution in [0, 0.1) is 0 Å². The summed E-state index contributed by atoms with van der Waals surface area (Å²) in [5, 5.41) is 26.6. The van der Waals surface area contributed by atoms with Crippen LogP contribution in [0.25, 0.3) is 11.2 Å². The zero-order chi connectivity index (χ0) is 29.3. The Morgan fingerprint density at radius 1 is 1.07 bits per heavy atom. The smallest absolute Gasteiger partial charge is 0.251 e. The van der Waals surface area contributed by atoms with Gasteiger partial charge in [0.05, 0.1) is 17.8 Å². The number of amides is 1. The maximum Gasteiger partial charge on any atom is 0.251 e. The number of aliphatic hydroxyl groups is 2. The molecule has 1 saturated heterocycles. The van der Waals surface area contributed by atoms with Crippen LogP contribution in [-0.4, -0.2) is 81.0 Å². The first kappa shape index (κ1) is 28.3. The van der Waals surface area contributed by atoms with Crippen LogP contribution in [0.5, 0.6) is 0 Å². The number of nitrogens with zero attached hydrogens (tertiary/aromatic N) is 4. The average molecular weight is 581 g/mol. The first-order chi connectivity index (χ1) is 19.6. The van der Waals surface area contributed by atoms with Crippen molar-refractivity contribution in [2.24, 2.45) is 0 Å². The van der Waals surface area contributed by atoms with Crippen molar-refractivity contribution in [3.8, 4) is 0 Å². The molecule has 14 heteroatoms. The number of aromatic nitrogens is 4. The molecule has 0 saturated carbocycles. The molecular formula is C27H28N6O7S. The molecule has 3 heterocycles. The summed E-state index contributed by atoms with van der Waals surface area (Å²) in [5.74, 6) is -0.325. The number of sulfone groups is 1. The number of aliphatic hydroxyl groups excluding tert-OH is 2. The van der Waals surface area contributed by atoms with Gasteiger partial charge in [-0.15, -0.1) is 0 Å². The van der Waals surface area contributed by atoms with Crippen LogP contribution < -0.4 is 10.6 Å². The number of carbonyl (C=O) groups is 2. The number of imidazole rings is 1. The number of fused-ring (bicyclic) bond motifs is 1. The van der Waals surface area contributed by atoms with Crippen molar-refractivity contribution in [2.75, 3.05) is 18.2 Å². The minimum absolute atomic E-state index is 0.193. The Balaban J connectivity index is 1.39. The van der Waals surface area contributed by atoms with E-state index >= 15 is 0 Å². The number of nitrogens with one attached hydrogen (secondary N) is 2. The normalized spacial score (nSPS) is 20.7. The zero-order valence-corrected chi connectivity index (χ0v) is 22.9. The van der Waals surface area contributed by atoms with Crippen molar-refractivity contribution in [1.82, 2.24) is 24.8 Å². The molecule has 214 valence electrons. The molecule has 41 heavy (non-hydrogen) atoms. The van der Waals surface area contributed by atoms with Crippen molar-refractivity contribution in [3.05, 3.63) is 77.9 Å². The molecule has 13 nitrogen and oxygen atoms in total. The third kappa shape index (κ3) is 5.81. The fourth-order valence-electron chi connectivity index (χ4n) is 4.61. The molecule has 0 spiro atoms. The molecule has 1 amide bonds. The number of benzene rings is 2. The van der Waals surface area contributed by atoms with Gasteiger partial charge in [0.1, 0.15) is 24.6 Å². The third-order valence-corrected chi connectivity index (χ3v) is 7.95. The van der Waals surface area contributed by atoms with Crippen molar-refractivity contribution >= 4 is 38.5 Å². The molecule has 5 rings (SSSR count). The number of carbonyl (C=O) groups excluding carboxylic acids is 2. The first-order valence-electron chi connectivity index (χ1n) is 12.6. The van der Waals surface area contributed by atoms with E-state index in [1.165, 1.54) is 37.8 Å². The fraction of sp³-hybridized carbons (Fsp3) is 0.296. The lowest BCUT2D eigenvalue weighted by Crippen LogP contribution is -2.46. The van der Waals surface area contributed by atoms with Crippen LogP contribution in [0.3, 0.4) is 0 Å². The first-order valence-corrected chi connectivity index (χ1v) is 14.5. The summed E-state index contributed by atoms with van der Waals surface area (Å²) >= 11 is 0. The van der Waals surface area contributed by atoms with E-state index in [1.807, 2.05) is 0 Å². The topological polar surface area (TPSA) is 186 Å². The molecule has 1 aliphatic heterocycles. The lowest BCUT2D eigenvalue weighted by atomic mass is 10.1. The van der Waals surface area contributed by atoms with Gasteiger partial charge < -0.3 is 25.6 Å². The number of ether oxygens (including phenoxy) is 1. The Labute approximate surface area is 235 Å². The van der Waals surface area contributed by atoms with Crippen molar-refractivity contribution in [2.45, 2.75) is 42.8 Å². The van der Waals surface area contributed by atoms with Gasteiger partial charge in [-0.2, -0.15) is 0 Å². The standard InChI is InChI=1S/C27H28N6O7S/c1-15(35)17-4-3-5-18(10-17)26(37)32-21-23(36)20(12-34)40-27(21)33-14-31-22-24(29-13-30-25(22)33)28-11-16-6-8-19(9-7-16)41(2,38)39/h3-10,13-14,20-21,23,27,34,36H,11-12H2,1-2H3,(H,32,37)(H,28,29,30)/t20-,21-,23-,27-/m1/s1. The van der Waals surface area contributed by atoms with Crippen LogP contribution in [0.4, 0.5) is 5.82 Å². The van der Waals surface area contributed by atoms with Gasteiger partial charge in [-0.25, -0.2) is 23.4 Å². The SMILES string of the molecule is CC(=O)c1cccc(C(=O)N[C@@H]2[C@H](O)[C@@H](CO)O[C@H]2n2cnc3c(NCc4ccc(S(C)(=O)=O)cc4)ncnc32)c1. The molecule has 0 bridgehead atoms. The van der Waals surface area contributed by atoms with Gasteiger partial charge in [0.15, 0.2) is 38.8 Å². The Kier molecular flexibility index (Phi) is 7.82. The van der Waals surface area contributed by atoms with E-state index in [0.717, 1.165) is 11.8 Å². The number of Topliss-reactive ketones (excluding diaryl/α,β-unsaturated/α-hetero) is 1. The zero-order valence-electron chi connectivity index (χ0n) is 22.1. The molecule has 4 atom stereocenters. The average Bonchev–Trinajstić information content (AvgIpc) is 3.52. The molecule has 2 aromatic heterocycles. The quantitative estimate of drug-likeness (QED) is 0.208. The number of anilines is 1. The van der Waals surface area contributed by atoms with E-state index in [0.29, 0.717) is 29.1 Å². The third-order valence-electron chi connectivity index (χ3n) is 6.82. The number of rotatable bonds is 9. The summed E-state index contributed by atoms with van der Waals surface area (Å²) in [7, 11) is -3.30. The maximum absolute atomic E-state index is 13.1. The second kappa shape index (κ2) is 11.3. The molecule has 0 unspecified atom stereocenters. The highest BCUT2D eigenvalue weighted by atomic mass is 32.2. The highest BCUT2D eigenvalue weighted by Gasteiger charge is 2.46. The van der Waals surface area contributed by atoms with E-state index in [1.54, 1.807) is 34.9 Å². The van der Waals surface area contributed by atoms with Gasteiger partial charge in [-0.3, -0.25) is 14.2 Å². The second-order valence-corrected chi connectivity index (χ2v) is 11.7. The lowest BCUT2D eigenvalue weighted by Gasteiger charge is -2.23. The van der Waals surface area contributed by atoms with Crippen molar-refractivity contribution in [1.29, 1.82) is 0 Å². The van der Waals surface area contributed by atoms with E-state index in [9.17, 15) is 28.2 Å². The van der Waals surface area contributed by atoms with Gasteiger partial charge in [0, 0.05) is 23.9 Å². The van der Waals surface area contributed by atoms with Gasteiger partial charge in [0.25, 0.3) is 5.91 Å². The van der Waals surface area contributed by atoms with Crippen LogP contribution in [0.2, 0.25) is 0 Å². The van der Waals surface area contributed by atoms with Crippen molar-refractivity contribution < 1.29 is 33.0 Å². The van der Waals surface area contributed by atoms with Crippen LogP contribution in [0.15, 0.2) is 66.1 Å². The van der Waals surface area contributed by atoms with Crippen LogP contribution >= 0.6 is 0 Å². The van der Waals surface area contributed by atoms with Gasteiger partial charge in [0.2, 0.25) is 0 Å². The molecule has 1 aliphatic rings. The van der Waals surface area contributed by atoms with E-state index in [-0.39, 0.29) is 16.2 Å².